The van der Waals surface area contributed by atoms with Crippen LogP contribution in [0.25, 0.3) is 0 Å². The second kappa shape index (κ2) is 5.06. The van der Waals surface area contributed by atoms with Crippen molar-refractivity contribution in [1.82, 2.24) is 4.31 Å². The summed E-state index contributed by atoms with van der Waals surface area (Å²) in [6.45, 7) is 1.80. The van der Waals surface area contributed by atoms with Crippen molar-refractivity contribution < 1.29 is 12.3 Å². The number of halogens is 1. The highest BCUT2D eigenvalue weighted by Crippen LogP contribution is 2.04. The van der Waals surface area contributed by atoms with E-state index >= 15 is 0 Å². The molecule has 0 aromatic carbocycles. The summed E-state index contributed by atoms with van der Waals surface area (Å²) >= 11 is 0. The molecule has 0 bridgehead atoms. The fourth-order valence-corrected chi connectivity index (χ4v) is 1.46. The smallest absolute Gasteiger partial charge is 0.198 e. The van der Waals surface area contributed by atoms with Gasteiger partial charge in [0, 0.05) is 19.5 Å². The van der Waals surface area contributed by atoms with Crippen molar-refractivity contribution in [3.05, 3.63) is 0 Å². The lowest BCUT2D eigenvalue weighted by molar-refractivity contribution is 0.389. The first kappa shape index (κ1) is 11.3. The summed E-state index contributed by atoms with van der Waals surface area (Å²) in [5.74, 6) is 0. The molecule has 0 fully saturated rings. The molecule has 70 valence electrons. The van der Waals surface area contributed by atoms with Crippen LogP contribution >= 0.6 is 0 Å². The van der Waals surface area contributed by atoms with Crippen molar-refractivity contribution in [2.75, 3.05) is 13.1 Å². The fraction of sp³-hybridized carbons (Fsp3) is 0.833. The lowest BCUT2D eigenvalue weighted by atomic mass is 10.4. The van der Waals surface area contributed by atoms with E-state index in [4.69, 9.17) is 5.26 Å². The predicted molar refractivity (Wildman–Crippen MR) is 42.1 cm³/mol. The first-order chi connectivity index (χ1) is 5.52. The van der Waals surface area contributed by atoms with Crippen molar-refractivity contribution in [3.63, 3.8) is 0 Å². The Labute approximate surface area is 71.9 Å². The van der Waals surface area contributed by atoms with Crippen LogP contribution in [0.2, 0.25) is 0 Å². The van der Waals surface area contributed by atoms with E-state index in [-0.39, 0.29) is 19.5 Å². The monoisotopic (exact) mass is 194 g/mol. The Bertz CT molecular complexity index is 257. The maximum atomic E-state index is 12.4. The van der Waals surface area contributed by atoms with Crippen LogP contribution in [0.4, 0.5) is 3.89 Å². The molecule has 0 rings (SSSR count). The van der Waals surface area contributed by atoms with Gasteiger partial charge in [-0.2, -0.15) is 18.0 Å². The van der Waals surface area contributed by atoms with Crippen LogP contribution in [0.15, 0.2) is 0 Å². The molecule has 0 amide bonds. The van der Waals surface area contributed by atoms with E-state index < -0.39 is 10.4 Å². The molecule has 0 aliphatic heterocycles. The van der Waals surface area contributed by atoms with E-state index in [1.54, 1.807) is 13.0 Å². The number of nitrogens with zero attached hydrogens (tertiary/aromatic N) is 2. The highest BCUT2D eigenvalue weighted by atomic mass is 32.3. The SMILES string of the molecule is CCCN(CCC#N)S(=O)(=O)F. The third-order valence-electron chi connectivity index (χ3n) is 1.25. The van der Waals surface area contributed by atoms with Crippen molar-refractivity contribution in [3.8, 4) is 6.07 Å². The Balaban J connectivity index is 4.16. The molecular formula is C6H11FN2O2S. The number of nitriles is 1. The highest BCUT2D eigenvalue weighted by molar-refractivity contribution is 7.83. The van der Waals surface area contributed by atoms with E-state index in [1.165, 1.54) is 0 Å². The van der Waals surface area contributed by atoms with Crippen molar-refractivity contribution in [2.45, 2.75) is 19.8 Å². The Hall–Kier alpha value is -0.670. The van der Waals surface area contributed by atoms with Gasteiger partial charge in [-0.3, -0.25) is 0 Å². The standard InChI is InChI=1S/C6H11FN2O2S/c1-2-5-9(6-3-4-8)12(7,10)11/h2-3,5-6H2,1H3. The first-order valence-corrected chi connectivity index (χ1v) is 4.93. The minimum absolute atomic E-state index is 0.0170. The Morgan fingerprint density at radius 2 is 2.08 bits per heavy atom. The molecule has 0 spiro atoms. The molecule has 12 heavy (non-hydrogen) atoms. The third kappa shape index (κ3) is 4.26. The van der Waals surface area contributed by atoms with Crippen molar-refractivity contribution in [1.29, 1.82) is 5.26 Å². The van der Waals surface area contributed by atoms with Gasteiger partial charge in [0.2, 0.25) is 0 Å². The Morgan fingerprint density at radius 1 is 1.50 bits per heavy atom. The molecule has 0 aliphatic rings. The Kier molecular flexibility index (Phi) is 4.78. The van der Waals surface area contributed by atoms with Gasteiger partial charge in [0.05, 0.1) is 6.07 Å². The zero-order valence-corrected chi connectivity index (χ0v) is 7.64. The second-order valence-electron chi connectivity index (χ2n) is 2.25. The largest absolute Gasteiger partial charge is 0.374 e. The van der Waals surface area contributed by atoms with Crippen LogP contribution in [0.5, 0.6) is 0 Å². The molecule has 0 heterocycles. The summed E-state index contributed by atoms with van der Waals surface area (Å²) in [5.41, 5.74) is 0. The molecule has 0 saturated heterocycles. The van der Waals surface area contributed by atoms with E-state index in [9.17, 15) is 12.3 Å². The normalized spacial score (nSPS) is 11.5. The Morgan fingerprint density at radius 3 is 2.42 bits per heavy atom. The molecule has 0 aromatic rings. The molecule has 0 N–H and O–H groups in total. The van der Waals surface area contributed by atoms with Gasteiger partial charge < -0.3 is 0 Å². The van der Waals surface area contributed by atoms with E-state index in [0.717, 1.165) is 0 Å². The van der Waals surface area contributed by atoms with Gasteiger partial charge in [0.1, 0.15) is 0 Å². The minimum atomic E-state index is -4.62. The minimum Gasteiger partial charge on any atom is -0.198 e. The van der Waals surface area contributed by atoms with Crippen molar-refractivity contribution in [2.24, 2.45) is 0 Å². The van der Waals surface area contributed by atoms with Crippen LogP contribution in [0.3, 0.4) is 0 Å². The summed E-state index contributed by atoms with van der Waals surface area (Å²) in [7, 11) is -4.62. The molecule has 4 nitrogen and oxygen atoms in total. The summed E-state index contributed by atoms with van der Waals surface area (Å²) in [5, 5.41) is 8.16. The molecule has 0 atom stereocenters. The topological polar surface area (TPSA) is 61.2 Å². The average Bonchev–Trinajstić information content (AvgIpc) is 1.95. The van der Waals surface area contributed by atoms with Crippen LogP contribution in [0.1, 0.15) is 19.8 Å². The van der Waals surface area contributed by atoms with Gasteiger partial charge in [-0.25, -0.2) is 0 Å². The molecule has 6 heteroatoms. The summed E-state index contributed by atoms with van der Waals surface area (Å²) in [6.07, 6.45) is 0.553. The van der Waals surface area contributed by atoms with Crippen LogP contribution < -0.4 is 0 Å². The predicted octanol–water partition coefficient (Wildman–Crippen LogP) is 0.826. The molecule has 0 radical (unpaired) electrons. The summed E-state index contributed by atoms with van der Waals surface area (Å²) in [4.78, 5) is 0. The summed E-state index contributed by atoms with van der Waals surface area (Å²) in [6, 6.07) is 1.76. The lowest BCUT2D eigenvalue weighted by Gasteiger charge is -2.13. The van der Waals surface area contributed by atoms with Gasteiger partial charge >= 0.3 is 10.4 Å². The zero-order chi connectivity index (χ0) is 9.61. The fourth-order valence-electron chi connectivity index (χ4n) is 0.754. The maximum Gasteiger partial charge on any atom is 0.374 e. The maximum absolute atomic E-state index is 12.4. The van der Waals surface area contributed by atoms with Gasteiger partial charge in [0.15, 0.2) is 0 Å². The van der Waals surface area contributed by atoms with Crippen molar-refractivity contribution >= 4 is 10.4 Å². The van der Waals surface area contributed by atoms with Crippen LogP contribution in [-0.2, 0) is 10.4 Å². The van der Waals surface area contributed by atoms with E-state index in [1.807, 2.05) is 0 Å². The second-order valence-corrected chi connectivity index (χ2v) is 3.59. The van der Waals surface area contributed by atoms with Gasteiger partial charge in [-0.05, 0) is 6.42 Å². The summed E-state index contributed by atoms with van der Waals surface area (Å²) < 4.78 is 33.8. The molecule has 0 aliphatic carbocycles. The molecule has 0 aromatic heterocycles. The van der Waals surface area contributed by atoms with Crippen LogP contribution in [-0.4, -0.2) is 25.8 Å². The first-order valence-electron chi connectivity index (χ1n) is 3.59. The van der Waals surface area contributed by atoms with E-state index in [2.05, 4.69) is 0 Å². The molecule has 0 saturated carbocycles. The lowest BCUT2D eigenvalue weighted by Crippen LogP contribution is -2.29. The quantitative estimate of drug-likeness (QED) is 0.609. The zero-order valence-electron chi connectivity index (χ0n) is 6.83. The number of hydrogen-bond donors (Lipinski definition) is 0. The average molecular weight is 194 g/mol. The van der Waals surface area contributed by atoms with Gasteiger partial charge in [-0.1, -0.05) is 10.8 Å². The molecule has 0 unspecified atom stereocenters. The number of rotatable bonds is 5. The van der Waals surface area contributed by atoms with Gasteiger partial charge in [0.25, 0.3) is 0 Å². The number of hydrogen-bond acceptors (Lipinski definition) is 3. The van der Waals surface area contributed by atoms with Gasteiger partial charge in [-0.15, -0.1) is 0 Å². The highest BCUT2D eigenvalue weighted by Gasteiger charge is 2.18. The molecular weight excluding hydrogens is 183 g/mol. The third-order valence-corrected chi connectivity index (χ3v) is 2.24. The van der Waals surface area contributed by atoms with Crippen LogP contribution in [0, 0.1) is 11.3 Å². The van der Waals surface area contributed by atoms with E-state index in [0.29, 0.717) is 10.7 Å².